The minimum Gasteiger partial charge on any atom is -0.376 e. The molecule has 1 heterocycles. The van der Waals surface area contributed by atoms with Gasteiger partial charge in [0.15, 0.2) is 0 Å². The topological polar surface area (TPSA) is 18.5 Å². The van der Waals surface area contributed by atoms with Crippen molar-refractivity contribution < 1.29 is 9.47 Å². The van der Waals surface area contributed by atoms with Crippen LogP contribution in [-0.2, 0) is 9.47 Å². The lowest BCUT2D eigenvalue weighted by Crippen LogP contribution is -2.29. The molecule has 2 heteroatoms. The van der Waals surface area contributed by atoms with Crippen LogP contribution in [0.2, 0.25) is 0 Å². The predicted octanol–water partition coefficient (Wildman–Crippen LogP) is 0.770. The fourth-order valence-electron chi connectivity index (χ4n) is 1.12. The summed E-state index contributed by atoms with van der Waals surface area (Å²) in [5.41, 5.74) is 0. The van der Waals surface area contributed by atoms with Crippen molar-refractivity contribution in [3.8, 4) is 0 Å². The van der Waals surface area contributed by atoms with Crippen LogP contribution in [0, 0.1) is 5.92 Å². The van der Waals surface area contributed by atoms with Crippen LogP contribution in [0.4, 0.5) is 0 Å². The van der Waals surface area contributed by atoms with Crippen molar-refractivity contribution in [3.63, 3.8) is 0 Å². The van der Waals surface area contributed by atoms with Crippen LogP contribution < -0.4 is 0 Å². The van der Waals surface area contributed by atoms with Gasteiger partial charge in [0.2, 0.25) is 0 Å². The van der Waals surface area contributed by atoms with E-state index < -0.39 is 0 Å². The second-order valence-electron chi connectivity index (χ2n) is 2.59. The first-order chi connectivity index (χ1) is 4.47. The van der Waals surface area contributed by atoms with Gasteiger partial charge >= 0.3 is 0 Å². The summed E-state index contributed by atoms with van der Waals surface area (Å²) in [6, 6.07) is 0. The Bertz CT molecular complexity index is 93.1. The molecule has 0 bridgehead atoms. The number of rotatable bonds is 1. The maximum absolute atomic E-state index is 5.44. The minimum atomic E-state index is 0.360. The zero-order chi connectivity index (χ0) is 6.10. The fraction of sp³-hybridized carbons (Fsp3) is 0.857. The number of ether oxygens (including phenoxy) is 2. The second-order valence-corrected chi connectivity index (χ2v) is 2.59. The molecule has 1 radical (unpaired) electrons. The lowest BCUT2D eigenvalue weighted by molar-refractivity contribution is -0.0764. The first-order valence-electron chi connectivity index (χ1n) is 3.51. The van der Waals surface area contributed by atoms with Crippen LogP contribution in [-0.4, -0.2) is 25.9 Å². The highest BCUT2D eigenvalue weighted by Gasteiger charge is 2.33. The largest absolute Gasteiger partial charge is 0.376 e. The summed E-state index contributed by atoms with van der Waals surface area (Å²) < 4.78 is 10.7. The number of hydrogen-bond acceptors (Lipinski definition) is 2. The van der Waals surface area contributed by atoms with Crippen LogP contribution >= 0.6 is 0 Å². The van der Waals surface area contributed by atoms with Crippen molar-refractivity contribution in [3.05, 3.63) is 5.92 Å². The maximum atomic E-state index is 5.44. The van der Waals surface area contributed by atoms with E-state index in [1.807, 2.05) is 0 Å². The Kier molecular flexibility index (Phi) is 1.44. The van der Waals surface area contributed by atoms with Gasteiger partial charge in [0.05, 0.1) is 25.9 Å². The first kappa shape index (κ1) is 5.69. The third-order valence-electron chi connectivity index (χ3n) is 1.81. The van der Waals surface area contributed by atoms with Gasteiger partial charge in [-0.2, -0.15) is 0 Å². The fourth-order valence-corrected chi connectivity index (χ4v) is 1.12. The standard InChI is InChI=1S/C7H11O2/c1-2-6(1)7-5-8-3-4-9-7/h7H,1-5H2. The molecule has 1 aliphatic carbocycles. The quantitative estimate of drug-likeness (QED) is 0.518. The molecular weight excluding hydrogens is 116 g/mol. The molecular formula is C7H11O2. The van der Waals surface area contributed by atoms with E-state index in [1.165, 1.54) is 12.8 Å². The summed E-state index contributed by atoms with van der Waals surface area (Å²) in [5, 5.41) is 0. The van der Waals surface area contributed by atoms with E-state index in [-0.39, 0.29) is 0 Å². The predicted molar refractivity (Wildman–Crippen MR) is 33.0 cm³/mol. The molecule has 1 atom stereocenters. The van der Waals surface area contributed by atoms with Crippen molar-refractivity contribution in [1.29, 1.82) is 0 Å². The van der Waals surface area contributed by atoms with E-state index in [9.17, 15) is 0 Å². The maximum Gasteiger partial charge on any atom is 0.0871 e. The molecule has 2 aliphatic rings. The highest BCUT2D eigenvalue weighted by Crippen LogP contribution is 2.37. The molecule has 0 aromatic heterocycles. The van der Waals surface area contributed by atoms with Crippen molar-refractivity contribution in [2.75, 3.05) is 19.8 Å². The van der Waals surface area contributed by atoms with Crippen molar-refractivity contribution >= 4 is 0 Å². The van der Waals surface area contributed by atoms with E-state index in [4.69, 9.17) is 9.47 Å². The molecule has 1 unspecified atom stereocenters. The molecule has 1 saturated heterocycles. The highest BCUT2D eigenvalue weighted by atomic mass is 16.6. The van der Waals surface area contributed by atoms with E-state index in [2.05, 4.69) is 0 Å². The zero-order valence-electron chi connectivity index (χ0n) is 5.43. The van der Waals surface area contributed by atoms with Crippen LogP contribution in [0.3, 0.4) is 0 Å². The van der Waals surface area contributed by atoms with Crippen molar-refractivity contribution in [2.24, 2.45) is 0 Å². The Hall–Kier alpha value is -0.0800. The van der Waals surface area contributed by atoms with Gasteiger partial charge in [0, 0.05) is 5.92 Å². The van der Waals surface area contributed by atoms with Gasteiger partial charge in [0.25, 0.3) is 0 Å². The van der Waals surface area contributed by atoms with Gasteiger partial charge in [-0.3, -0.25) is 0 Å². The summed E-state index contributed by atoms with van der Waals surface area (Å²) in [6.07, 6.45) is 2.90. The molecule has 2 rings (SSSR count). The third-order valence-corrected chi connectivity index (χ3v) is 1.81. The van der Waals surface area contributed by atoms with Gasteiger partial charge < -0.3 is 9.47 Å². The molecule has 1 saturated carbocycles. The summed E-state index contributed by atoms with van der Waals surface area (Å²) in [4.78, 5) is 0. The lowest BCUT2D eigenvalue weighted by Gasteiger charge is -2.21. The van der Waals surface area contributed by atoms with Crippen LogP contribution in [0.1, 0.15) is 12.8 Å². The average molecular weight is 127 g/mol. The van der Waals surface area contributed by atoms with Crippen molar-refractivity contribution in [1.82, 2.24) is 0 Å². The SMILES string of the molecule is C1COC([C]2CC2)CO1. The third kappa shape index (κ3) is 1.25. The molecule has 1 aliphatic heterocycles. The Morgan fingerprint density at radius 3 is 2.67 bits per heavy atom. The Morgan fingerprint density at radius 2 is 2.11 bits per heavy atom. The smallest absolute Gasteiger partial charge is 0.0871 e. The van der Waals surface area contributed by atoms with Crippen molar-refractivity contribution in [2.45, 2.75) is 18.9 Å². The second kappa shape index (κ2) is 2.27. The van der Waals surface area contributed by atoms with Crippen LogP contribution in [0.25, 0.3) is 0 Å². The molecule has 0 aromatic carbocycles. The summed E-state index contributed by atoms with van der Waals surface area (Å²) >= 11 is 0. The Labute approximate surface area is 55.1 Å². The normalized spacial score (nSPS) is 36.7. The Morgan fingerprint density at radius 1 is 1.22 bits per heavy atom. The highest BCUT2D eigenvalue weighted by molar-refractivity contribution is 5.11. The summed E-state index contributed by atoms with van der Waals surface area (Å²) in [7, 11) is 0. The molecule has 0 N–H and O–H groups in total. The van der Waals surface area contributed by atoms with Gasteiger partial charge in [-0.25, -0.2) is 0 Å². The monoisotopic (exact) mass is 127 g/mol. The van der Waals surface area contributed by atoms with Gasteiger partial charge in [-0.1, -0.05) is 0 Å². The Balaban J connectivity index is 1.80. The van der Waals surface area contributed by atoms with E-state index >= 15 is 0 Å². The minimum absolute atomic E-state index is 0.360. The van der Waals surface area contributed by atoms with Gasteiger partial charge in [-0.15, -0.1) is 0 Å². The lowest BCUT2D eigenvalue weighted by atomic mass is 10.2. The molecule has 0 aromatic rings. The summed E-state index contributed by atoms with van der Waals surface area (Å²) in [5.74, 6) is 1.55. The molecule has 0 amide bonds. The van der Waals surface area contributed by atoms with Gasteiger partial charge in [0.1, 0.15) is 0 Å². The molecule has 9 heavy (non-hydrogen) atoms. The van der Waals surface area contributed by atoms with E-state index in [0.717, 1.165) is 19.8 Å². The van der Waals surface area contributed by atoms with Gasteiger partial charge in [-0.05, 0) is 12.8 Å². The molecule has 2 nitrogen and oxygen atoms in total. The first-order valence-corrected chi connectivity index (χ1v) is 3.51. The summed E-state index contributed by atoms with van der Waals surface area (Å²) in [6.45, 7) is 2.37. The number of hydrogen-bond donors (Lipinski definition) is 0. The average Bonchev–Trinajstić information content (AvgIpc) is 2.71. The molecule has 51 valence electrons. The molecule has 0 spiro atoms. The molecule has 2 fully saturated rings. The van der Waals surface area contributed by atoms with E-state index in [1.54, 1.807) is 5.92 Å². The van der Waals surface area contributed by atoms with Crippen LogP contribution in [0.15, 0.2) is 0 Å². The van der Waals surface area contributed by atoms with Crippen LogP contribution in [0.5, 0.6) is 0 Å². The van der Waals surface area contributed by atoms with E-state index in [0.29, 0.717) is 6.10 Å². The zero-order valence-corrected chi connectivity index (χ0v) is 5.43.